The fourth-order valence-electron chi connectivity index (χ4n) is 2.00. The van der Waals surface area contributed by atoms with Gasteiger partial charge in [0.25, 0.3) is 0 Å². The zero-order valence-corrected chi connectivity index (χ0v) is 8.92. The second-order valence-corrected chi connectivity index (χ2v) is 4.53. The van der Waals surface area contributed by atoms with Gasteiger partial charge in [0.05, 0.1) is 5.39 Å². The van der Waals surface area contributed by atoms with Gasteiger partial charge in [-0.05, 0) is 30.5 Å². The van der Waals surface area contributed by atoms with E-state index in [4.69, 9.17) is 21.9 Å². The van der Waals surface area contributed by atoms with Gasteiger partial charge >= 0.3 is 0 Å². The molecule has 0 aliphatic heterocycles. The van der Waals surface area contributed by atoms with Crippen molar-refractivity contribution >= 4 is 22.6 Å². The minimum Gasteiger partial charge on any atom is -0.355 e. The number of aromatic nitrogens is 1. The molecule has 4 heteroatoms. The molecule has 0 amide bonds. The van der Waals surface area contributed by atoms with Gasteiger partial charge in [-0.25, -0.2) is 0 Å². The van der Waals surface area contributed by atoms with Crippen molar-refractivity contribution in [3.8, 4) is 0 Å². The average molecular weight is 223 g/mol. The summed E-state index contributed by atoms with van der Waals surface area (Å²) < 4.78 is 5.06. The van der Waals surface area contributed by atoms with Crippen LogP contribution in [0.1, 0.15) is 18.4 Å². The van der Waals surface area contributed by atoms with E-state index in [9.17, 15) is 0 Å². The molecule has 0 saturated heterocycles. The predicted molar refractivity (Wildman–Crippen MR) is 59.0 cm³/mol. The quantitative estimate of drug-likeness (QED) is 0.849. The summed E-state index contributed by atoms with van der Waals surface area (Å²) in [5.74, 6) is 0. The van der Waals surface area contributed by atoms with Crippen LogP contribution in [0.25, 0.3) is 11.0 Å². The van der Waals surface area contributed by atoms with E-state index in [0.29, 0.717) is 11.7 Å². The Bertz CT molecular complexity index is 516. The van der Waals surface area contributed by atoms with Gasteiger partial charge in [-0.1, -0.05) is 22.8 Å². The molecule has 0 bridgehead atoms. The van der Waals surface area contributed by atoms with Crippen LogP contribution in [-0.4, -0.2) is 11.7 Å². The molecule has 1 aromatic carbocycles. The van der Waals surface area contributed by atoms with Crippen LogP contribution >= 0.6 is 11.6 Å². The zero-order chi connectivity index (χ0) is 10.5. The molecule has 1 fully saturated rings. The van der Waals surface area contributed by atoms with E-state index in [2.05, 4.69) is 11.2 Å². The Morgan fingerprint density at radius 2 is 2.27 bits per heavy atom. The van der Waals surface area contributed by atoms with Crippen molar-refractivity contribution in [2.24, 2.45) is 5.73 Å². The van der Waals surface area contributed by atoms with Gasteiger partial charge in [0, 0.05) is 12.0 Å². The summed E-state index contributed by atoms with van der Waals surface area (Å²) in [5.41, 5.74) is 7.96. The average Bonchev–Trinajstić information content (AvgIpc) is 2.99. The number of rotatable bonds is 2. The minimum absolute atomic E-state index is 0.189. The van der Waals surface area contributed by atoms with E-state index in [0.717, 1.165) is 23.8 Å². The van der Waals surface area contributed by atoms with Crippen molar-refractivity contribution < 1.29 is 4.52 Å². The van der Waals surface area contributed by atoms with Gasteiger partial charge in [-0.15, -0.1) is 0 Å². The first-order chi connectivity index (χ1) is 7.25. The molecule has 1 aliphatic carbocycles. The first-order valence-electron chi connectivity index (χ1n) is 5.01. The van der Waals surface area contributed by atoms with Crippen molar-refractivity contribution in [2.75, 3.05) is 6.54 Å². The van der Waals surface area contributed by atoms with E-state index in [1.807, 2.05) is 12.1 Å². The first-order valence-corrected chi connectivity index (χ1v) is 5.38. The maximum Gasteiger partial charge on any atom is 0.180 e. The molecular weight excluding hydrogens is 212 g/mol. The fraction of sp³-hybridized carbons (Fsp3) is 0.364. The van der Waals surface area contributed by atoms with Crippen LogP contribution in [0.3, 0.4) is 0 Å². The lowest BCUT2D eigenvalue weighted by atomic mass is 9.95. The van der Waals surface area contributed by atoms with Crippen LogP contribution in [0.5, 0.6) is 0 Å². The van der Waals surface area contributed by atoms with Crippen LogP contribution in [-0.2, 0) is 5.41 Å². The Kier molecular flexibility index (Phi) is 1.82. The third-order valence-corrected chi connectivity index (χ3v) is 3.56. The molecule has 1 aliphatic rings. The van der Waals surface area contributed by atoms with Crippen LogP contribution in [0.2, 0.25) is 5.15 Å². The van der Waals surface area contributed by atoms with Crippen molar-refractivity contribution in [3.63, 3.8) is 0 Å². The van der Waals surface area contributed by atoms with E-state index in [1.54, 1.807) is 0 Å². The van der Waals surface area contributed by atoms with Gasteiger partial charge in [0.15, 0.2) is 10.7 Å². The Morgan fingerprint density at radius 3 is 2.93 bits per heavy atom. The summed E-state index contributed by atoms with van der Waals surface area (Å²) in [6.07, 6.45) is 2.33. The second kappa shape index (κ2) is 2.97. The molecule has 3 nitrogen and oxygen atoms in total. The standard InChI is InChI=1S/C11H11ClN2O/c12-10-8-5-7(11(6-13)3-4-11)1-2-9(8)15-14-10/h1-2,5H,3-4,6,13H2. The molecule has 0 unspecified atom stereocenters. The van der Waals surface area contributed by atoms with E-state index in [-0.39, 0.29) is 5.41 Å². The molecule has 1 aromatic heterocycles. The molecule has 0 radical (unpaired) electrons. The van der Waals surface area contributed by atoms with Crippen molar-refractivity contribution in [2.45, 2.75) is 18.3 Å². The van der Waals surface area contributed by atoms with Crippen LogP contribution in [0.4, 0.5) is 0 Å². The van der Waals surface area contributed by atoms with Crippen molar-refractivity contribution in [1.29, 1.82) is 0 Å². The minimum atomic E-state index is 0.189. The number of benzene rings is 1. The molecule has 1 saturated carbocycles. The smallest absolute Gasteiger partial charge is 0.180 e. The van der Waals surface area contributed by atoms with Gasteiger partial charge < -0.3 is 10.3 Å². The Hall–Kier alpha value is -1.06. The predicted octanol–water partition coefficient (Wildman–Crippen LogP) is 2.47. The van der Waals surface area contributed by atoms with E-state index >= 15 is 0 Å². The molecule has 2 aromatic rings. The highest BCUT2D eigenvalue weighted by molar-refractivity contribution is 6.34. The summed E-state index contributed by atoms with van der Waals surface area (Å²) in [7, 11) is 0. The maximum atomic E-state index is 5.92. The zero-order valence-electron chi connectivity index (χ0n) is 8.16. The van der Waals surface area contributed by atoms with Crippen molar-refractivity contribution in [3.05, 3.63) is 28.9 Å². The highest BCUT2D eigenvalue weighted by Gasteiger charge is 2.42. The largest absolute Gasteiger partial charge is 0.355 e. The molecule has 15 heavy (non-hydrogen) atoms. The van der Waals surface area contributed by atoms with E-state index in [1.165, 1.54) is 5.56 Å². The molecule has 1 heterocycles. The number of nitrogens with two attached hydrogens (primary N) is 1. The van der Waals surface area contributed by atoms with Crippen LogP contribution in [0, 0.1) is 0 Å². The van der Waals surface area contributed by atoms with Crippen LogP contribution < -0.4 is 5.73 Å². The Balaban J connectivity index is 2.17. The summed E-state index contributed by atoms with van der Waals surface area (Å²) in [5, 5.41) is 5.04. The van der Waals surface area contributed by atoms with Gasteiger partial charge in [0.2, 0.25) is 0 Å². The fourth-order valence-corrected chi connectivity index (χ4v) is 2.18. The summed E-state index contributed by atoms with van der Waals surface area (Å²) in [6.45, 7) is 0.696. The molecule has 3 rings (SSSR count). The SMILES string of the molecule is NCC1(c2ccc3onc(Cl)c3c2)CC1. The lowest BCUT2D eigenvalue weighted by Gasteiger charge is -2.11. The number of nitrogens with zero attached hydrogens (tertiary/aromatic N) is 1. The number of halogens is 1. The van der Waals surface area contributed by atoms with Gasteiger partial charge in [-0.3, -0.25) is 0 Å². The third-order valence-electron chi connectivity index (χ3n) is 3.28. The molecule has 2 N–H and O–H groups in total. The highest BCUT2D eigenvalue weighted by atomic mass is 35.5. The lowest BCUT2D eigenvalue weighted by molar-refractivity contribution is 0.457. The monoisotopic (exact) mass is 222 g/mol. The maximum absolute atomic E-state index is 5.92. The summed E-state index contributed by atoms with van der Waals surface area (Å²) >= 11 is 5.92. The normalized spacial score (nSPS) is 18.3. The number of hydrogen-bond donors (Lipinski definition) is 1. The Morgan fingerprint density at radius 1 is 1.47 bits per heavy atom. The number of hydrogen-bond acceptors (Lipinski definition) is 3. The molecular formula is C11H11ClN2O. The topological polar surface area (TPSA) is 52.0 Å². The van der Waals surface area contributed by atoms with E-state index < -0.39 is 0 Å². The molecule has 0 spiro atoms. The molecule has 0 atom stereocenters. The summed E-state index contributed by atoms with van der Waals surface area (Å²) in [4.78, 5) is 0. The third kappa shape index (κ3) is 1.27. The second-order valence-electron chi connectivity index (χ2n) is 4.17. The van der Waals surface area contributed by atoms with Gasteiger partial charge in [-0.2, -0.15) is 0 Å². The summed E-state index contributed by atoms with van der Waals surface area (Å²) in [6, 6.07) is 6.02. The highest BCUT2D eigenvalue weighted by Crippen LogP contribution is 2.48. The lowest BCUT2D eigenvalue weighted by Crippen LogP contribution is -2.19. The number of fused-ring (bicyclic) bond motifs is 1. The Labute approximate surface area is 92.2 Å². The van der Waals surface area contributed by atoms with Crippen LogP contribution in [0.15, 0.2) is 22.7 Å². The van der Waals surface area contributed by atoms with Crippen molar-refractivity contribution in [1.82, 2.24) is 5.16 Å². The molecule has 78 valence electrons. The van der Waals surface area contributed by atoms with Gasteiger partial charge in [0.1, 0.15) is 0 Å². The first kappa shape index (κ1) is 9.19.